The van der Waals surface area contributed by atoms with Gasteiger partial charge in [0.05, 0.1) is 0 Å². The van der Waals surface area contributed by atoms with Gasteiger partial charge >= 0.3 is 0 Å². The van der Waals surface area contributed by atoms with Crippen molar-refractivity contribution < 1.29 is 25.1 Å². The van der Waals surface area contributed by atoms with E-state index in [-0.39, 0.29) is 20.4 Å². The van der Waals surface area contributed by atoms with Gasteiger partial charge in [0.2, 0.25) is 11.4 Å². The molecule has 2 aromatic carbocycles. The molecule has 2 aromatic rings. The summed E-state index contributed by atoms with van der Waals surface area (Å²) in [6.07, 6.45) is 17.6. The zero-order chi connectivity index (χ0) is 26.5. The Bertz CT molecular complexity index is 1080. The number of allylic oxidation sites excluding steroid dienone is 2. The molecule has 0 fully saturated rings. The van der Waals surface area contributed by atoms with Crippen LogP contribution in [0.5, 0.6) is 0 Å². The van der Waals surface area contributed by atoms with Gasteiger partial charge in [-0.1, -0.05) is 96.9 Å². The first-order chi connectivity index (χ1) is 18.1. The molecule has 0 amide bonds. The largest absolute Gasteiger partial charge is 0.493 e. The molecule has 3 rings (SSSR count). The fourth-order valence-electron chi connectivity index (χ4n) is 5.58. The monoisotopic (exact) mass is 604 g/mol. The summed E-state index contributed by atoms with van der Waals surface area (Å²) >= 11 is 0. The normalized spacial score (nSPS) is 13.4. The van der Waals surface area contributed by atoms with Gasteiger partial charge in [-0.3, -0.25) is 0 Å². The van der Waals surface area contributed by atoms with Crippen molar-refractivity contribution in [3.63, 3.8) is 0 Å². The van der Waals surface area contributed by atoms with Crippen LogP contribution in [0.2, 0.25) is 0 Å². The second-order valence-corrected chi connectivity index (χ2v) is 10.8. The molecular weight excluding hydrogens is 555 g/mol. The van der Waals surface area contributed by atoms with Crippen molar-refractivity contribution in [1.29, 1.82) is 0 Å². The Morgan fingerprint density at radius 2 is 0.947 bits per heavy atom. The Hall–Kier alpha value is -1.82. The van der Waals surface area contributed by atoms with E-state index < -0.39 is 0 Å². The molecule has 0 saturated heterocycles. The quantitative estimate of drug-likeness (QED) is 0.0975. The maximum Gasteiger partial charge on any atom is 0.211 e. The van der Waals surface area contributed by atoms with E-state index in [9.17, 15) is 5.53 Å². The molecule has 0 atom stereocenters. The second kappa shape index (κ2) is 17.7. The molecule has 0 aromatic heterocycles. The van der Waals surface area contributed by atoms with Crippen LogP contribution in [-0.4, -0.2) is 4.70 Å². The number of benzene rings is 2. The first-order valence-corrected chi connectivity index (χ1v) is 15.3. The molecule has 38 heavy (non-hydrogen) atoms. The SMILES string of the molecule is CCCCCCC1=C(c2cccc(CCCC)c2)[N+](=[N-])C(c2cccc(CCCC)c2)=C1CCCCC.[Pd]. The van der Waals surface area contributed by atoms with E-state index in [1.54, 1.807) is 4.70 Å². The summed E-state index contributed by atoms with van der Waals surface area (Å²) in [6.45, 7) is 9.05. The molecule has 0 N–H and O–H groups in total. The van der Waals surface area contributed by atoms with E-state index in [1.807, 2.05) is 0 Å². The van der Waals surface area contributed by atoms with Crippen LogP contribution >= 0.6 is 0 Å². The van der Waals surface area contributed by atoms with Crippen molar-refractivity contribution in [3.8, 4) is 0 Å². The molecule has 0 spiro atoms. The maximum absolute atomic E-state index is 11.9. The van der Waals surface area contributed by atoms with Gasteiger partial charge in [-0.25, -0.2) is 4.70 Å². The summed E-state index contributed by atoms with van der Waals surface area (Å²) in [4.78, 5) is 0. The molecule has 0 bridgehead atoms. The number of rotatable bonds is 17. The number of hydrogen-bond donors (Lipinski definition) is 0. The van der Waals surface area contributed by atoms with Crippen LogP contribution in [-0.2, 0) is 33.3 Å². The van der Waals surface area contributed by atoms with Gasteiger partial charge in [-0.05, 0) is 86.8 Å². The van der Waals surface area contributed by atoms with Crippen LogP contribution in [0, 0.1) is 0 Å². The zero-order valence-electron chi connectivity index (χ0n) is 24.4. The third-order valence-corrected chi connectivity index (χ3v) is 7.71. The van der Waals surface area contributed by atoms with E-state index in [0.717, 1.165) is 48.2 Å². The van der Waals surface area contributed by atoms with Crippen molar-refractivity contribution in [2.24, 2.45) is 0 Å². The Labute approximate surface area is 247 Å². The minimum atomic E-state index is 0. The Balaban J connectivity index is 0.00000507. The van der Waals surface area contributed by atoms with Crippen molar-refractivity contribution in [2.45, 2.75) is 124 Å². The molecular formula is C35H50N2Pd. The van der Waals surface area contributed by atoms with E-state index in [0.29, 0.717) is 0 Å². The molecule has 1 heterocycles. The van der Waals surface area contributed by atoms with Crippen molar-refractivity contribution in [3.05, 3.63) is 87.5 Å². The summed E-state index contributed by atoms with van der Waals surface area (Å²) in [6, 6.07) is 17.9. The van der Waals surface area contributed by atoms with Crippen LogP contribution in [0.15, 0.2) is 59.7 Å². The van der Waals surface area contributed by atoms with E-state index in [1.165, 1.54) is 92.9 Å². The Morgan fingerprint density at radius 3 is 1.39 bits per heavy atom. The third kappa shape index (κ3) is 8.86. The molecule has 1 aliphatic heterocycles. The average Bonchev–Trinajstić information content (AvgIpc) is 3.19. The van der Waals surface area contributed by atoms with E-state index in [2.05, 4.69) is 76.2 Å². The van der Waals surface area contributed by atoms with Gasteiger partial charge in [-0.15, -0.1) is 0 Å². The zero-order valence-corrected chi connectivity index (χ0v) is 26.0. The number of hydrogen-bond acceptors (Lipinski definition) is 0. The molecule has 0 radical (unpaired) electrons. The number of unbranched alkanes of at least 4 members (excludes halogenated alkanes) is 7. The molecule has 0 aliphatic carbocycles. The fraction of sp³-hybridized carbons (Fsp3) is 0.543. The van der Waals surface area contributed by atoms with Crippen LogP contribution in [0.3, 0.4) is 0 Å². The van der Waals surface area contributed by atoms with Gasteiger partial charge in [0, 0.05) is 42.7 Å². The smallest absolute Gasteiger partial charge is 0.211 e. The van der Waals surface area contributed by atoms with Gasteiger partial charge < -0.3 is 5.53 Å². The summed E-state index contributed by atoms with van der Waals surface area (Å²) in [7, 11) is 0. The molecule has 1 aliphatic rings. The molecule has 0 unspecified atom stereocenters. The van der Waals surface area contributed by atoms with Gasteiger partial charge in [0.15, 0.2) is 0 Å². The van der Waals surface area contributed by atoms with Gasteiger partial charge in [0.1, 0.15) is 0 Å². The summed E-state index contributed by atoms with van der Waals surface area (Å²) in [5.74, 6) is 0. The van der Waals surface area contributed by atoms with Crippen molar-refractivity contribution >= 4 is 11.4 Å². The van der Waals surface area contributed by atoms with Crippen molar-refractivity contribution in [2.75, 3.05) is 0 Å². The number of nitrogens with zero attached hydrogens (tertiary/aromatic N) is 2. The molecule has 2 nitrogen and oxygen atoms in total. The minimum Gasteiger partial charge on any atom is -0.493 e. The summed E-state index contributed by atoms with van der Waals surface area (Å²) < 4.78 is 1.56. The minimum absolute atomic E-state index is 0. The standard InChI is InChI=1S/C35H50N2.Pd/c1-5-9-13-15-25-33-32(24-14-10-6-2)34(30-22-16-20-28(26-30)18-11-7-3)37(36)35(33)31-23-17-21-29(27-31)19-12-8-4;/h16-17,20-23,26-27H,5-15,18-19,24-25H2,1-4H3;. The molecule has 3 heteroatoms. The topological polar surface area (TPSA) is 25.3 Å². The van der Waals surface area contributed by atoms with Crippen LogP contribution < -0.4 is 0 Å². The van der Waals surface area contributed by atoms with Crippen LogP contribution in [0.4, 0.5) is 0 Å². The van der Waals surface area contributed by atoms with Gasteiger partial charge in [0.25, 0.3) is 0 Å². The van der Waals surface area contributed by atoms with E-state index in [4.69, 9.17) is 0 Å². The maximum atomic E-state index is 11.9. The predicted molar refractivity (Wildman–Crippen MR) is 160 cm³/mol. The van der Waals surface area contributed by atoms with Crippen LogP contribution in [0.25, 0.3) is 16.9 Å². The molecule has 210 valence electrons. The first kappa shape index (κ1) is 32.4. The number of aryl methyl sites for hydroxylation is 2. The van der Waals surface area contributed by atoms with Crippen LogP contribution in [0.1, 0.15) is 133 Å². The molecule has 0 saturated carbocycles. The fourth-order valence-corrected chi connectivity index (χ4v) is 5.58. The predicted octanol–water partition coefficient (Wildman–Crippen LogP) is 11.1. The van der Waals surface area contributed by atoms with Gasteiger partial charge in [-0.2, -0.15) is 0 Å². The average molecular weight is 605 g/mol. The first-order valence-electron chi connectivity index (χ1n) is 15.3. The Morgan fingerprint density at radius 1 is 0.526 bits per heavy atom. The Kier molecular flexibility index (Phi) is 15.1. The summed E-state index contributed by atoms with van der Waals surface area (Å²) in [5.41, 5.74) is 21.7. The second-order valence-electron chi connectivity index (χ2n) is 10.8. The van der Waals surface area contributed by atoms with Crippen molar-refractivity contribution in [1.82, 2.24) is 0 Å². The summed E-state index contributed by atoms with van der Waals surface area (Å²) in [5, 5.41) is 0. The third-order valence-electron chi connectivity index (χ3n) is 7.71. The van der Waals surface area contributed by atoms with E-state index >= 15 is 0 Å².